The molecule has 4 nitrogen and oxygen atoms in total. The van der Waals surface area contributed by atoms with Gasteiger partial charge in [0.25, 0.3) is 0 Å². The van der Waals surface area contributed by atoms with E-state index < -0.39 is 0 Å². The normalized spacial score (nSPS) is 18.5. The highest BCUT2D eigenvalue weighted by atomic mass is 16.5. The molecule has 1 fully saturated rings. The van der Waals surface area contributed by atoms with Gasteiger partial charge in [0.1, 0.15) is 12.4 Å². The van der Waals surface area contributed by atoms with Gasteiger partial charge < -0.3 is 19.7 Å². The van der Waals surface area contributed by atoms with Gasteiger partial charge in [-0.3, -0.25) is 0 Å². The maximum atomic E-state index is 5.74. The lowest BCUT2D eigenvalue weighted by Crippen LogP contribution is -2.27. The molecule has 1 heterocycles. The second-order valence-electron chi connectivity index (χ2n) is 5.17. The zero-order chi connectivity index (χ0) is 13.5. The van der Waals surface area contributed by atoms with Gasteiger partial charge in [-0.05, 0) is 24.5 Å². The first-order valence-corrected chi connectivity index (χ1v) is 6.94. The van der Waals surface area contributed by atoms with E-state index in [0.29, 0.717) is 12.5 Å². The Morgan fingerprint density at radius 3 is 3.05 bits per heavy atom. The third-order valence-corrected chi connectivity index (χ3v) is 3.34. The first-order chi connectivity index (χ1) is 9.25. The molecule has 1 aromatic rings. The molecule has 0 spiro atoms. The van der Waals surface area contributed by atoms with Crippen LogP contribution in [0.25, 0.3) is 0 Å². The first kappa shape index (κ1) is 14.2. The van der Waals surface area contributed by atoms with Crippen LogP contribution < -0.4 is 15.0 Å². The highest BCUT2D eigenvalue weighted by Gasteiger charge is 2.14. The van der Waals surface area contributed by atoms with Crippen molar-refractivity contribution in [2.75, 3.05) is 51.9 Å². The molecule has 0 aromatic heterocycles. The molecule has 1 atom stereocenters. The van der Waals surface area contributed by atoms with Crippen LogP contribution in [-0.4, -0.2) is 47.0 Å². The van der Waals surface area contributed by atoms with Crippen molar-refractivity contribution in [1.82, 2.24) is 5.32 Å². The van der Waals surface area contributed by atoms with Gasteiger partial charge in [0, 0.05) is 45.5 Å². The summed E-state index contributed by atoms with van der Waals surface area (Å²) in [7, 11) is 4.06. The predicted octanol–water partition coefficient (Wildman–Crippen LogP) is 1.76. The van der Waals surface area contributed by atoms with Crippen LogP contribution in [0.2, 0.25) is 0 Å². The Morgan fingerprint density at radius 1 is 1.42 bits per heavy atom. The van der Waals surface area contributed by atoms with Gasteiger partial charge in [0.15, 0.2) is 0 Å². The van der Waals surface area contributed by atoms with Crippen molar-refractivity contribution in [3.63, 3.8) is 0 Å². The molecule has 0 amide bonds. The number of hydrogen-bond acceptors (Lipinski definition) is 4. The molecule has 0 aliphatic carbocycles. The van der Waals surface area contributed by atoms with Crippen LogP contribution >= 0.6 is 0 Å². The molecular weight excluding hydrogens is 240 g/mol. The quantitative estimate of drug-likeness (QED) is 0.761. The SMILES string of the molecule is CN(C)c1cccc(OCCNCC2CCOC2)c1. The number of nitrogens with one attached hydrogen (secondary N) is 1. The van der Waals surface area contributed by atoms with E-state index in [-0.39, 0.29) is 0 Å². The minimum Gasteiger partial charge on any atom is -0.492 e. The average Bonchev–Trinajstić information content (AvgIpc) is 2.92. The Hall–Kier alpha value is -1.26. The molecule has 0 radical (unpaired) electrons. The van der Waals surface area contributed by atoms with Crippen LogP contribution in [-0.2, 0) is 4.74 Å². The van der Waals surface area contributed by atoms with E-state index in [1.54, 1.807) is 0 Å². The Balaban J connectivity index is 1.63. The lowest BCUT2D eigenvalue weighted by molar-refractivity contribution is 0.185. The van der Waals surface area contributed by atoms with Gasteiger partial charge >= 0.3 is 0 Å². The number of anilines is 1. The van der Waals surface area contributed by atoms with Gasteiger partial charge in [-0.25, -0.2) is 0 Å². The molecule has 1 saturated heterocycles. The van der Waals surface area contributed by atoms with E-state index in [0.717, 1.165) is 37.7 Å². The molecule has 1 N–H and O–H groups in total. The molecule has 19 heavy (non-hydrogen) atoms. The van der Waals surface area contributed by atoms with E-state index >= 15 is 0 Å². The molecular formula is C15H24N2O2. The molecule has 1 aliphatic heterocycles. The molecule has 1 aliphatic rings. The second kappa shape index (κ2) is 7.36. The van der Waals surface area contributed by atoms with Crippen molar-refractivity contribution >= 4 is 5.69 Å². The van der Waals surface area contributed by atoms with Gasteiger partial charge in [-0.2, -0.15) is 0 Å². The monoisotopic (exact) mass is 264 g/mol. The third kappa shape index (κ3) is 4.73. The molecule has 1 unspecified atom stereocenters. The summed E-state index contributed by atoms with van der Waals surface area (Å²) in [5.41, 5.74) is 1.16. The Morgan fingerprint density at radius 2 is 2.32 bits per heavy atom. The predicted molar refractivity (Wildman–Crippen MR) is 78.1 cm³/mol. The Bertz CT molecular complexity index is 376. The smallest absolute Gasteiger partial charge is 0.121 e. The third-order valence-electron chi connectivity index (χ3n) is 3.34. The van der Waals surface area contributed by atoms with Crippen molar-refractivity contribution in [3.05, 3.63) is 24.3 Å². The summed E-state index contributed by atoms with van der Waals surface area (Å²) in [6.45, 7) is 4.42. The van der Waals surface area contributed by atoms with Gasteiger partial charge in [-0.15, -0.1) is 0 Å². The molecule has 1 aromatic carbocycles. The van der Waals surface area contributed by atoms with Crippen molar-refractivity contribution in [1.29, 1.82) is 0 Å². The summed E-state index contributed by atoms with van der Waals surface area (Å²) in [6, 6.07) is 8.15. The highest BCUT2D eigenvalue weighted by Crippen LogP contribution is 2.19. The number of ether oxygens (including phenoxy) is 2. The van der Waals surface area contributed by atoms with Crippen LogP contribution in [0.4, 0.5) is 5.69 Å². The maximum absolute atomic E-state index is 5.74. The lowest BCUT2D eigenvalue weighted by atomic mass is 10.1. The summed E-state index contributed by atoms with van der Waals surface area (Å²) < 4.78 is 11.1. The Kier molecular flexibility index (Phi) is 5.48. The van der Waals surface area contributed by atoms with E-state index in [9.17, 15) is 0 Å². The van der Waals surface area contributed by atoms with E-state index in [2.05, 4.69) is 22.3 Å². The maximum Gasteiger partial charge on any atom is 0.121 e. The number of hydrogen-bond donors (Lipinski definition) is 1. The van der Waals surface area contributed by atoms with Crippen molar-refractivity contribution in [2.24, 2.45) is 5.92 Å². The number of nitrogens with zero attached hydrogens (tertiary/aromatic N) is 1. The standard InChI is InChI=1S/C15H24N2O2/c1-17(2)14-4-3-5-15(10-14)19-9-7-16-11-13-6-8-18-12-13/h3-5,10,13,16H,6-9,11-12H2,1-2H3. The van der Waals surface area contributed by atoms with E-state index in [1.807, 2.05) is 26.2 Å². The zero-order valence-electron chi connectivity index (χ0n) is 11.9. The summed E-state index contributed by atoms with van der Waals surface area (Å²) in [6.07, 6.45) is 1.18. The van der Waals surface area contributed by atoms with E-state index in [1.165, 1.54) is 6.42 Å². The number of benzene rings is 1. The molecule has 106 valence electrons. The Labute approximate surface area is 115 Å². The summed E-state index contributed by atoms with van der Waals surface area (Å²) in [5.74, 6) is 1.61. The summed E-state index contributed by atoms with van der Waals surface area (Å²) in [5, 5.41) is 3.42. The van der Waals surface area contributed by atoms with Crippen molar-refractivity contribution in [2.45, 2.75) is 6.42 Å². The topological polar surface area (TPSA) is 33.7 Å². The number of rotatable bonds is 7. The van der Waals surface area contributed by atoms with Crippen LogP contribution in [0.15, 0.2) is 24.3 Å². The van der Waals surface area contributed by atoms with E-state index in [4.69, 9.17) is 9.47 Å². The molecule has 2 rings (SSSR count). The fourth-order valence-corrected chi connectivity index (χ4v) is 2.14. The largest absolute Gasteiger partial charge is 0.492 e. The fraction of sp³-hybridized carbons (Fsp3) is 0.600. The van der Waals surface area contributed by atoms with Gasteiger partial charge in [0.05, 0.1) is 6.61 Å². The minimum absolute atomic E-state index is 0.678. The lowest BCUT2D eigenvalue weighted by Gasteiger charge is -2.14. The summed E-state index contributed by atoms with van der Waals surface area (Å²) in [4.78, 5) is 2.07. The van der Waals surface area contributed by atoms with Crippen LogP contribution in [0, 0.1) is 5.92 Å². The first-order valence-electron chi connectivity index (χ1n) is 6.94. The van der Waals surface area contributed by atoms with Gasteiger partial charge in [-0.1, -0.05) is 6.07 Å². The molecule has 0 saturated carbocycles. The molecule has 4 heteroatoms. The van der Waals surface area contributed by atoms with Crippen LogP contribution in [0.1, 0.15) is 6.42 Å². The van der Waals surface area contributed by atoms with Crippen molar-refractivity contribution < 1.29 is 9.47 Å². The summed E-state index contributed by atoms with van der Waals surface area (Å²) >= 11 is 0. The van der Waals surface area contributed by atoms with Crippen LogP contribution in [0.5, 0.6) is 5.75 Å². The minimum atomic E-state index is 0.678. The second-order valence-corrected chi connectivity index (χ2v) is 5.17. The highest BCUT2D eigenvalue weighted by molar-refractivity contribution is 5.49. The average molecular weight is 264 g/mol. The van der Waals surface area contributed by atoms with Gasteiger partial charge in [0.2, 0.25) is 0 Å². The van der Waals surface area contributed by atoms with Crippen molar-refractivity contribution in [3.8, 4) is 5.75 Å². The van der Waals surface area contributed by atoms with Crippen LogP contribution in [0.3, 0.4) is 0 Å². The fourth-order valence-electron chi connectivity index (χ4n) is 2.14. The molecule has 0 bridgehead atoms. The zero-order valence-corrected chi connectivity index (χ0v) is 11.9.